The lowest BCUT2D eigenvalue weighted by Gasteiger charge is -2.10. The molecule has 4 nitrogen and oxygen atoms in total. The second-order valence-corrected chi connectivity index (χ2v) is 4.88. The van der Waals surface area contributed by atoms with E-state index in [2.05, 4.69) is 17.6 Å². The Kier molecular flexibility index (Phi) is 4.90. The standard InChI is InChI=1S/C16H16N2O2S/c1-2-11-7-9-12(10-8-11)15(20)18-16(21)17-13-5-3-4-6-14(13)19/h3-10,19H,2H2,1H3,(H2,17,18,20,21). The molecule has 0 aliphatic heterocycles. The number of carbonyl (C=O) groups is 1. The van der Waals surface area contributed by atoms with E-state index in [1.807, 2.05) is 12.1 Å². The van der Waals surface area contributed by atoms with E-state index in [1.54, 1.807) is 30.3 Å². The molecule has 2 aromatic carbocycles. The monoisotopic (exact) mass is 300 g/mol. The smallest absolute Gasteiger partial charge is 0.257 e. The molecule has 0 aliphatic carbocycles. The van der Waals surface area contributed by atoms with Gasteiger partial charge in [-0.25, -0.2) is 0 Å². The summed E-state index contributed by atoms with van der Waals surface area (Å²) in [5.74, 6) is -0.216. The number of phenolic OH excluding ortho intramolecular Hbond substituents is 1. The molecule has 5 heteroatoms. The second-order valence-electron chi connectivity index (χ2n) is 4.48. The van der Waals surface area contributed by atoms with Crippen molar-refractivity contribution >= 4 is 28.9 Å². The topological polar surface area (TPSA) is 61.4 Å². The predicted octanol–water partition coefficient (Wildman–Crippen LogP) is 3.08. The number of nitrogens with one attached hydrogen (secondary N) is 2. The van der Waals surface area contributed by atoms with Gasteiger partial charge < -0.3 is 10.4 Å². The van der Waals surface area contributed by atoms with E-state index < -0.39 is 0 Å². The lowest BCUT2D eigenvalue weighted by Crippen LogP contribution is -2.34. The van der Waals surface area contributed by atoms with E-state index in [1.165, 1.54) is 11.6 Å². The third-order valence-corrected chi connectivity index (χ3v) is 3.21. The normalized spacial score (nSPS) is 9.95. The van der Waals surface area contributed by atoms with Crippen molar-refractivity contribution in [1.82, 2.24) is 5.32 Å². The van der Waals surface area contributed by atoms with Crippen LogP contribution in [0.4, 0.5) is 5.69 Å². The largest absolute Gasteiger partial charge is 0.506 e. The Morgan fingerprint density at radius 2 is 1.81 bits per heavy atom. The first-order chi connectivity index (χ1) is 10.1. The fourth-order valence-corrected chi connectivity index (χ4v) is 2.00. The lowest BCUT2D eigenvalue weighted by molar-refractivity contribution is 0.0977. The van der Waals surface area contributed by atoms with Crippen molar-refractivity contribution in [2.45, 2.75) is 13.3 Å². The Morgan fingerprint density at radius 3 is 2.43 bits per heavy atom. The summed E-state index contributed by atoms with van der Waals surface area (Å²) in [5, 5.41) is 15.1. The van der Waals surface area contributed by atoms with Crippen LogP contribution in [0, 0.1) is 0 Å². The molecule has 0 heterocycles. The van der Waals surface area contributed by atoms with Crippen LogP contribution in [0.5, 0.6) is 5.75 Å². The van der Waals surface area contributed by atoms with Crippen LogP contribution in [0.2, 0.25) is 0 Å². The van der Waals surface area contributed by atoms with Gasteiger partial charge in [0.05, 0.1) is 5.69 Å². The Bertz CT molecular complexity index is 654. The Hall–Kier alpha value is -2.40. The van der Waals surface area contributed by atoms with Gasteiger partial charge in [-0.1, -0.05) is 31.2 Å². The molecule has 108 valence electrons. The number of hydrogen-bond donors (Lipinski definition) is 3. The quantitative estimate of drug-likeness (QED) is 0.602. The average Bonchev–Trinajstić information content (AvgIpc) is 2.49. The molecule has 0 atom stereocenters. The number of anilines is 1. The summed E-state index contributed by atoms with van der Waals surface area (Å²) >= 11 is 5.07. The van der Waals surface area contributed by atoms with Crippen molar-refractivity contribution in [3.8, 4) is 5.75 Å². The van der Waals surface area contributed by atoms with Crippen LogP contribution >= 0.6 is 12.2 Å². The van der Waals surface area contributed by atoms with Gasteiger partial charge in [0, 0.05) is 5.56 Å². The first-order valence-electron chi connectivity index (χ1n) is 6.59. The molecular weight excluding hydrogens is 284 g/mol. The Balaban J connectivity index is 1.98. The number of aromatic hydroxyl groups is 1. The number of aryl methyl sites for hydroxylation is 1. The molecule has 0 radical (unpaired) electrons. The number of phenols is 1. The van der Waals surface area contributed by atoms with Crippen LogP contribution in [-0.2, 0) is 6.42 Å². The maximum atomic E-state index is 12.0. The van der Waals surface area contributed by atoms with Gasteiger partial charge in [0.15, 0.2) is 5.11 Å². The lowest BCUT2D eigenvalue weighted by atomic mass is 10.1. The van der Waals surface area contributed by atoms with Gasteiger partial charge in [0.1, 0.15) is 5.75 Å². The number of carbonyl (C=O) groups excluding carboxylic acids is 1. The zero-order chi connectivity index (χ0) is 15.2. The number of rotatable bonds is 3. The van der Waals surface area contributed by atoms with Crippen molar-refractivity contribution in [2.75, 3.05) is 5.32 Å². The summed E-state index contributed by atoms with van der Waals surface area (Å²) in [6.07, 6.45) is 0.926. The van der Waals surface area contributed by atoms with E-state index in [0.29, 0.717) is 11.3 Å². The zero-order valence-electron chi connectivity index (χ0n) is 11.6. The molecule has 0 fully saturated rings. The number of benzene rings is 2. The summed E-state index contributed by atoms with van der Waals surface area (Å²) < 4.78 is 0. The van der Waals surface area contributed by atoms with Gasteiger partial charge in [0.2, 0.25) is 0 Å². The molecule has 0 spiro atoms. The molecule has 1 amide bonds. The van der Waals surface area contributed by atoms with Crippen LogP contribution in [0.1, 0.15) is 22.8 Å². The van der Waals surface area contributed by atoms with Crippen molar-refractivity contribution in [3.63, 3.8) is 0 Å². The van der Waals surface area contributed by atoms with E-state index in [4.69, 9.17) is 12.2 Å². The number of thiocarbonyl (C=S) groups is 1. The molecule has 21 heavy (non-hydrogen) atoms. The number of hydrogen-bond acceptors (Lipinski definition) is 3. The molecule has 3 N–H and O–H groups in total. The van der Waals surface area contributed by atoms with Gasteiger partial charge in [-0.15, -0.1) is 0 Å². The highest BCUT2D eigenvalue weighted by Crippen LogP contribution is 2.21. The molecule has 0 unspecified atom stereocenters. The van der Waals surface area contributed by atoms with Crippen molar-refractivity contribution in [2.24, 2.45) is 0 Å². The zero-order valence-corrected chi connectivity index (χ0v) is 12.4. The summed E-state index contributed by atoms with van der Waals surface area (Å²) in [6.45, 7) is 2.06. The Morgan fingerprint density at radius 1 is 1.14 bits per heavy atom. The summed E-state index contributed by atoms with van der Waals surface area (Å²) in [4.78, 5) is 12.0. The number of amides is 1. The van der Waals surface area contributed by atoms with Crippen molar-refractivity contribution < 1.29 is 9.90 Å². The SMILES string of the molecule is CCc1ccc(C(=O)NC(=S)Nc2ccccc2O)cc1. The number of para-hydroxylation sites is 2. The van der Waals surface area contributed by atoms with E-state index >= 15 is 0 Å². The van der Waals surface area contributed by atoms with Gasteiger partial charge in [0.25, 0.3) is 5.91 Å². The third kappa shape index (κ3) is 4.03. The molecule has 0 saturated heterocycles. The molecule has 2 rings (SSSR count). The fourth-order valence-electron chi connectivity index (χ4n) is 1.80. The molecule has 0 bridgehead atoms. The maximum absolute atomic E-state index is 12.0. The van der Waals surface area contributed by atoms with Crippen LogP contribution < -0.4 is 10.6 Å². The molecule has 0 saturated carbocycles. The van der Waals surface area contributed by atoms with Gasteiger partial charge >= 0.3 is 0 Å². The molecular formula is C16H16N2O2S. The fraction of sp³-hybridized carbons (Fsp3) is 0.125. The highest BCUT2D eigenvalue weighted by Gasteiger charge is 2.09. The van der Waals surface area contributed by atoms with E-state index in [-0.39, 0.29) is 16.8 Å². The summed E-state index contributed by atoms with van der Waals surface area (Å²) in [6, 6.07) is 14.0. The van der Waals surface area contributed by atoms with Crippen LogP contribution in [0.15, 0.2) is 48.5 Å². The molecule has 0 aliphatic rings. The van der Waals surface area contributed by atoms with Crippen LogP contribution in [-0.4, -0.2) is 16.1 Å². The highest BCUT2D eigenvalue weighted by molar-refractivity contribution is 7.80. The second kappa shape index (κ2) is 6.85. The molecule has 0 aromatic heterocycles. The van der Waals surface area contributed by atoms with Gasteiger partial charge in [-0.2, -0.15) is 0 Å². The average molecular weight is 300 g/mol. The minimum Gasteiger partial charge on any atom is -0.506 e. The predicted molar refractivity (Wildman–Crippen MR) is 87.6 cm³/mol. The molecule has 2 aromatic rings. The van der Waals surface area contributed by atoms with Crippen LogP contribution in [0.3, 0.4) is 0 Å². The minimum absolute atomic E-state index is 0.0707. The summed E-state index contributed by atoms with van der Waals surface area (Å²) in [7, 11) is 0. The van der Waals surface area contributed by atoms with Gasteiger partial charge in [-0.3, -0.25) is 10.1 Å². The third-order valence-electron chi connectivity index (χ3n) is 3.00. The van der Waals surface area contributed by atoms with Crippen molar-refractivity contribution in [3.05, 3.63) is 59.7 Å². The minimum atomic E-state index is -0.287. The summed E-state index contributed by atoms with van der Waals surface area (Å²) in [5.41, 5.74) is 2.15. The Labute approximate surface area is 128 Å². The van der Waals surface area contributed by atoms with Gasteiger partial charge in [-0.05, 0) is 48.5 Å². The highest BCUT2D eigenvalue weighted by atomic mass is 32.1. The first-order valence-corrected chi connectivity index (χ1v) is 7.00. The van der Waals surface area contributed by atoms with E-state index in [0.717, 1.165) is 6.42 Å². The maximum Gasteiger partial charge on any atom is 0.257 e. The first kappa shape index (κ1) is 15.0. The van der Waals surface area contributed by atoms with E-state index in [9.17, 15) is 9.90 Å². The van der Waals surface area contributed by atoms with Crippen LogP contribution in [0.25, 0.3) is 0 Å². The van der Waals surface area contributed by atoms with Crippen molar-refractivity contribution in [1.29, 1.82) is 0 Å².